The van der Waals surface area contributed by atoms with Crippen LogP contribution in [0, 0.1) is 5.82 Å². The van der Waals surface area contributed by atoms with Gasteiger partial charge >= 0.3 is 0 Å². The molecule has 1 aromatic carbocycles. The van der Waals surface area contributed by atoms with E-state index in [1.807, 2.05) is 6.20 Å². The van der Waals surface area contributed by atoms with Crippen LogP contribution in [0.2, 0.25) is 0 Å². The van der Waals surface area contributed by atoms with Crippen molar-refractivity contribution in [1.29, 1.82) is 0 Å². The molecule has 1 aliphatic rings. The molecule has 27 heavy (non-hydrogen) atoms. The van der Waals surface area contributed by atoms with Crippen LogP contribution in [0.25, 0.3) is 17.2 Å². The quantitative estimate of drug-likeness (QED) is 0.639. The zero-order valence-electron chi connectivity index (χ0n) is 15.9. The molecular formula is C22H25FN4. The van der Waals surface area contributed by atoms with Crippen molar-refractivity contribution in [3.8, 4) is 17.2 Å². The molecule has 1 fully saturated rings. The van der Waals surface area contributed by atoms with Gasteiger partial charge in [0, 0.05) is 42.8 Å². The molecule has 0 saturated carbocycles. The first-order valence-corrected chi connectivity index (χ1v) is 9.68. The number of anilines is 1. The summed E-state index contributed by atoms with van der Waals surface area (Å²) in [5.41, 5.74) is 3.16. The maximum Gasteiger partial charge on any atom is 0.161 e. The van der Waals surface area contributed by atoms with E-state index in [1.54, 1.807) is 12.1 Å². The molecular weight excluding hydrogens is 339 g/mol. The fourth-order valence-electron chi connectivity index (χ4n) is 3.59. The lowest BCUT2D eigenvalue weighted by Gasteiger charge is -2.27. The minimum absolute atomic E-state index is 0.255. The molecule has 3 aromatic rings. The van der Waals surface area contributed by atoms with Gasteiger partial charge in [0.2, 0.25) is 0 Å². The molecule has 4 nitrogen and oxygen atoms in total. The van der Waals surface area contributed by atoms with Crippen molar-refractivity contribution in [2.75, 3.05) is 18.0 Å². The smallest absolute Gasteiger partial charge is 0.161 e. The number of halogens is 1. The van der Waals surface area contributed by atoms with E-state index in [4.69, 9.17) is 4.98 Å². The Kier molecular flexibility index (Phi) is 4.92. The molecule has 3 heterocycles. The number of nitrogens with zero attached hydrogens (tertiary/aromatic N) is 4. The Morgan fingerprint density at radius 3 is 2.44 bits per heavy atom. The Bertz CT molecular complexity index is 908. The van der Waals surface area contributed by atoms with Crippen LogP contribution >= 0.6 is 0 Å². The van der Waals surface area contributed by atoms with Crippen molar-refractivity contribution in [3.05, 3.63) is 60.3 Å². The van der Waals surface area contributed by atoms with Crippen molar-refractivity contribution >= 4 is 5.69 Å². The Hall–Kier alpha value is -2.69. The van der Waals surface area contributed by atoms with E-state index in [0.717, 1.165) is 30.0 Å². The zero-order chi connectivity index (χ0) is 18.8. The van der Waals surface area contributed by atoms with Crippen LogP contribution in [0.5, 0.6) is 0 Å². The lowest BCUT2D eigenvalue weighted by molar-refractivity contribution is 0.578. The molecule has 0 spiro atoms. The fraction of sp³-hybridized carbons (Fsp3) is 0.364. The van der Waals surface area contributed by atoms with E-state index >= 15 is 0 Å². The average molecular weight is 364 g/mol. The van der Waals surface area contributed by atoms with E-state index in [2.05, 4.69) is 46.8 Å². The molecule has 1 saturated heterocycles. The number of benzene rings is 1. The number of piperidine rings is 1. The summed E-state index contributed by atoms with van der Waals surface area (Å²) < 4.78 is 15.3. The van der Waals surface area contributed by atoms with Gasteiger partial charge in [-0.05, 0) is 55.5 Å². The van der Waals surface area contributed by atoms with Gasteiger partial charge < -0.3 is 9.47 Å². The molecule has 0 atom stereocenters. The second kappa shape index (κ2) is 7.51. The fourth-order valence-corrected chi connectivity index (χ4v) is 3.59. The third kappa shape index (κ3) is 3.72. The van der Waals surface area contributed by atoms with Gasteiger partial charge in [-0.2, -0.15) is 0 Å². The van der Waals surface area contributed by atoms with Crippen molar-refractivity contribution < 1.29 is 4.39 Å². The van der Waals surface area contributed by atoms with E-state index in [0.29, 0.717) is 11.7 Å². The van der Waals surface area contributed by atoms with Gasteiger partial charge in [0.25, 0.3) is 0 Å². The summed E-state index contributed by atoms with van der Waals surface area (Å²) in [5, 5.41) is 0. The molecule has 0 aliphatic carbocycles. The third-order valence-corrected chi connectivity index (χ3v) is 5.16. The third-order valence-electron chi connectivity index (χ3n) is 5.16. The summed E-state index contributed by atoms with van der Waals surface area (Å²) in [6.45, 7) is 6.53. The lowest BCUT2D eigenvalue weighted by atomic mass is 10.1. The Labute approximate surface area is 159 Å². The van der Waals surface area contributed by atoms with Crippen LogP contribution in [0.3, 0.4) is 0 Å². The first kappa shape index (κ1) is 17.7. The number of aromatic nitrogens is 3. The van der Waals surface area contributed by atoms with E-state index in [-0.39, 0.29) is 5.82 Å². The SMILES string of the molecule is CC(C)c1cnc(-c2ccc(F)cc2)nc1-n1ccc(N2CCCCC2)c1. The van der Waals surface area contributed by atoms with Crippen molar-refractivity contribution in [2.45, 2.75) is 39.0 Å². The predicted octanol–water partition coefficient (Wildman–Crippen LogP) is 5.19. The van der Waals surface area contributed by atoms with Crippen LogP contribution < -0.4 is 4.90 Å². The zero-order valence-corrected chi connectivity index (χ0v) is 15.9. The highest BCUT2D eigenvalue weighted by Gasteiger charge is 2.16. The maximum absolute atomic E-state index is 13.2. The standard InChI is InChI=1S/C22H25FN4/c1-16(2)20-14-24-21(17-6-8-18(23)9-7-17)25-22(20)27-13-10-19(15-27)26-11-4-3-5-12-26/h6-10,13-16H,3-5,11-12H2,1-2H3. The monoisotopic (exact) mass is 364 g/mol. The van der Waals surface area contributed by atoms with Crippen LogP contribution in [0.1, 0.15) is 44.6 Å². The molecule has 140 valence electrons. The summed E-state index contributed by atoms with van der Waals surface area (Å²) in [7, 11) is 0. The molecule has 0 radical (unpaired) electrons. The number of rotatable bonds is 4. The number of hydrogen-bond acceptors (Lipinski definition) is 3. The average Bonchev–Trinajstić information content (AvgIpc) is 3.19. The molecule has 0 unspecified atom stereocenters. The van der Waals surface area contributed by atoms with Crippen molar-refractivity contribution in [1.82, 2.24) is 14.5 Å². The van der Waals surface area contributed by atoms with Gasteiger partial charge in [-0.25, -0.2) is 14.4 Å². The molecule has 5 heteroatoms. The highest BCUT2D eigenvalue weighted by molar-refractivity contribution is 5.57. The lowest BCUT2D eigenvalue weighted by Crippen LogP contribution is -2.28. The number of hydrogen-bond donors (Lipinski definition) is 0. The van der Waals surface area contributed by atoms with Gasteiger partial charge in [0.05, 0.1) is 5.69 Å². The van der Waals surface area contributed by atoms with Crippen LogP contribution in [0.15, 0.2) is 48.9 Å². The van der Waals surface area contributed by atoms with Gasteiger partial charge in [-0.3, -0.25) is 0 Å². The van der Waals surface area contributed by atoms with Gasteiger partial charge in [0.1, 0.15) is 11.6 Å². The summed E-state index contributed by atoms with van der Waals surface area (Å²) in [5.74, 6) is 1.56. The molecule has 0 N–H and O–H groups in total. The maximum atomic E-state index is 13.2. The minimum Gasteiger partial charge on any atom is -0.370 e. The van der Waals surface area contributed by atoms with Gasteiger partial charge in [-0.1, -0.05) is 13.8 Å². The Morgan fingerprint density at radius 1 is 1.00 bits per heavy atom. The van der Waals surface area contributed by atoms with Crippen molar-refractivity contribution in [2.24, 2.45) is 0 Å². The second-order valence-electron chi connectivity index (χ2n) is 7.46. The van der Waals surface area contributed by atoms with Crippen molar-refractivity contribution in [3.63, 3.8) is 0 Å². The molecule has 2 aromatic heterocycles. The summed E-state index contributed by atoms with van der Waals surface area (Å²) in [6.07, 6.45) is 9.96. The highest BCUT2D eigenvalue weighted by Crippen LogP contribution is 2.27. The molecule has 1 aliphatic heterocycles. The molecule has 4 rings (SSSR count). The highest BCUT2D eigenvalue weighted by atomic mass is 19.1. The first-order valence-electron chi connectivity index (χ1n) is 9.68. The normalized spacial score (nSPS) is 14.7. The summed E-state index contributed by atoms with van der Waals surface area (Å²) in [6, 6.07) is 8.49. The molecule has 0 bridgehead atoms. The van der Waals surface area contributed by atoms with E-state index in [9.17, 15) is 4.39 Å². The Balaban J connectivity index is 1.72. The van der Waals surface area contributed by atoms with Crippen LogP contribution in [-0.4, -0.2) is 27.6 Å². The predicted molar refractivity (Wildman–Crippen MR) is 107 cm³/mol. The van der Waals surface area contributed by atoms with Crippen LogP contribution in [-0.2, 0) is 0 Å². The minimum atomic E-state index is -0.255. The topological polar surface area (TPSA) is 34.0 Å². The largest absolute Gasteiger partial charge is 0.370 e. The summed E-state index contributed by atoms with van der Waals surface area (Å²) in [4.78, 5) is 11.8. The Morgan fingerprint density at radius 2 is 1.74 bits per heavy atom. The second-order valence-corrected chi connectivity index (χ2v) is 7.46. The van der Waals surface area contributed by atoms with E-state index < -0.39 is 0 Å². The summed E-state index contributed by atoms with van der Waals surface area (Å²) >= 11 is 0. The first-order chi connectivity index (χ1) is 13.1. The van der Waals surface area contributed by atoms with Gasteiger partial charge in [-0.15, -0.1) is 0 Å². The molecule has 0 amide bonds. The van der Waals surface area contributed by atoms with Gasteiger partial charge in [0.15, 0.2) is 5.82 Å². The van der Waals surface area contributed by atoms with E-state index in [1.165, 1.54) is 37.1 Å². The van der Waals surface area contributed by atoms with Crippen LogP contribution in [0.4, 0.5) is 10.1 Å².